The maximum atomic E-state index is 12.7. The van der Waals surface area contributed by atoms with Crippen LogP contribution in [0.3, 0.4) is 0 Å². The number of thioether (sulfide) groups is 2. The molecule has 0 spiro atoms. The van der Waals surface area contributed by atoms with Gasteiger partial charge in [0.1, 0.15) is 22.6 Å². The molecule has 4 rings (SSSR count). The molecule has 1 aromatic heterocycles. The summed E-state index contributed by atoms with van der Waals surface area (Å²) in [5, 5.41) is 47.2. The molecule has 2 aliphatic rings. The van der Waals surface area contributed by atoms with Gasteiger partial charge in [-0.05, 0) is 29.5 Å². The van der Waals surface area contributed by atoms with Crippen molar-refractivity contribution in [2.45, 2.75) is 16.6 Å². The number of aromatic hydroxyl groups is 1. The number of hydrogen-bond donors (Lipinski definition) is 5. The molecule has 2 unspecified atom stereocenters. The average Bonchev–Trinajstić information content (AvgIpc) is 3.31. The SMILES string of the molecule is O=C(NC1C(=O)N2CC(CSc3nn[nH]n3)(C(=O)O)CS[C@H]12)C(=NO)c1ccc(O)cc1. The molecule has 2 aliphatic heterocycles. The number of nitrogens with zero attached hydrogens (tertiary/aromatic N) is 5. The van der Waals surface area contributed by atoms with E-state index in [1.807, 2.05) is 0 Å². The van der Waals surface area contributed by atoms with Gasteiger partial charge in [0.2, 0.25) is 11.1 Å². The van der Waals surface area contributed by atoms with E-state index in [0.29, 0.717) is 5.16 Å². The number of carbonyl (C=O) groups is 3. The Kier molecular flexibility index (Phi) is 5.92. The van der Waals surface area contributed by atoms with Crippen molar-refractivity contribution < 1.29 is 29.8 Å². The van der Waals surface area contributed by atoms with E-state index < -0.39 is 34.6 Å². The first-order valence-corrected chi connectivity index (χ1v) is 11.2. The van der Waals surface area contributed by atoms with Crippen molar-refractivity contribution in [3.63, 3.8) is 0 Å². The number of benzene rings is 1. The smallest absolute Gasteiger partial charge is 0.313 e. The van der Waals surface area contributed by atoms with Crippen LogP contribution in [0.1, 0.15) is 5.56 Å². The van der Waals surface area contributed by atoms with Gasteiger partial charge in [-0.3, -0.25) is 14.4 Å². The topological polar surface area (TPSA) is 194 Å². The first-order valence-electron chi connectivity index (χ1n) is 9.19. The highest BCUT2D eigenvalue weighted by atomic mass is 32.2. The molecule has 0 radical (unpaired) electrons. The van der Waals surface area contributed by atoms with E-state index in [0.717, 1.165) is 11.8 Å². The fourth-order valence-corrected chi connectivity index (χ4v) is 5.98. The summed E-state index contributed by atoms with van der Waals surface area (Å²) >= 11 is 2.38. The van der Waals surface area contributed by atoms with Gasteiger partial charge in [-0.15, -0.1) is 22.0 Å². The number of rotatable bonds is 7. The molecule has 2 fully saturated rings. The number of carboxylic acid groups (broad SMARTS) is 1. The minimum Gasteiger partial charge on any atom is -0.508 e. The number of aliphatic carboxylic acids is 1. The quantitative estimate of drug-likeness (QED) is 0.111. The molecule has 5 N–H and O–H groups in total. The van der Waals surface area contributed by atoms with Gasteiger partial charge in [0.05, 0.1) is 0 Å². The molecular weight excluding hydrogens is 462 g/mol. The Hall–Kier alpha value is -3.33. The standard InChI is InChI=1S/C17H17N7O6S2/c25-9-3-1-8(2-4-9)10(21-30)12(26)18-11-13(27)24-5-17(15(28)29,6-31-14(11)24)7-32-16-19-22-23-20-16/h1-4,11,14,25,30H,5-7H2,(H,18,26)(H,28,29)(H,19,20,22,23)/t11?,14-,17?/m1/s1. The number of aromatic amines is 1. The molecule has 13 nitrogen and oxygen atoms in total. The number of β-lactam (4-membered cyclic amide) rings is 1. The lowest BCUT2D eigenvalue weighted by molar-refractivity contribution is -0.157. The second-order valence-electron chi connectivity index (χ2n) is 7.18. The summed E-state index contributed by atoms with van der Waals surface area (Å²) in [6.07, 6.45) is 0. The van der Waals surface area contributed by atoms with Gasteiger partial charge in [-0.2, -0.15) is 5.21 Å². The van der Waals surface area contributed by atoms with Crippen LogP contribution in [0.25, 0.3) is 0 Å². The lowest BCUT2D eigenvalue weighted by atomic mass is 9.89. The molecular formula is C17H17N7O6S2. The fourth-order valence-electron chi connectivity index (χ4n) is 3.39. The van der Waals surface area contributed by atoms with Crippen molar-refractivity contribution in [3.8, 4) is 5.75 Å². The Balaban J connectivity index is 1.41. The zero-order valence-corrected chi connectivity index (χ0v) is 17.8. The Bertz CT molecular complexity index is 1060. The van der Waals surface area contributed by atoms with E-state index in [1.54, 1.807) is 0 Å². The number of phenolic OH excluding ortho intramolecular Hbond substituents is 1. The van der Waals surface area contributed by atoms with E-state index in [9.17, 15) is 29.8 Å². The molecule has 2 saturated heterocycles. The number of aromatic nitrogens is 4. The summed E-state index contributed by atoms with van der Waals surface area (Å²) in [4.78, 5) is 38.7. The van der Waals surface area contributed by atoms with Gasteiger partial charge >= 0.3 is 5.97 Å². The number of amides is 2. The van der Waals surface area contributed by atoms with Crippen molar-refractivity contribution in [3.05, 3.63) is 29.8 Å². The highest BCUT2D eigenvalue weighted by molar-refractivity contribution is 8.00. The molecule has 0 bridgehead atoms. The Morgan fingerprint density at radius 3 is 2.75 bits per heavy atom. The average molecular weight is 480 g/mol. The van der Waals surface area contributed by atoms with Crippen LogP contribution in [-0.2, 0) is 14.4 Å². The van der Waals surface area contributed by atoms with Crippen molar-refractivity contribution in [1.82, 2.24) is 30.8 Å². The molecule has 3 heterocycles. The number of tetrazole rings is 1. The van der Waals surface area contributed by atoms with Crippen molar-refractivity contribution in [2.24, 2.45) is 10.6 Å². The van der Waals surface area contributed by atoms with E-state index in [2.05, 4.69) is 31.1 Å². The third kappa shape index (κ3) is 3.95. The number of nitrogens with one attached hydrogen (secondary N) is 2. The molecule has 168 valence electrons. The van der Waals surface area contributed by atoms with Crippen LogP contribution in [0, 0.1) is 5.41 Å². The summed E-state index contributed by atoms with van der Waals surface area (Å²) in [5.74, 6) is -1.89. The summed E-state index contributed by atoms with van der Waals surface area (Å²) in [6.45, 7) is -0.0189. The predicted molar refractivity (Wildman–Crippen MR) is 111 cm³/mol. The Labute approximate surface area is 188 Å². The number of H-pyrrole nitrogens is 1. The molecule has 15 heteroatoms. The molecule has 0 saturated carbocycles. The highest BCUT2D eigenvalue weighted by Crippen LogP contribution is 2.44. The van der Waals surface area contributed by atoms with Crippen LogP contribution in [0.15, 0.2) is 34.6 Å². The van der Waals surface area contributed by atoms with Gasteiger partial charge < -0.3 is 25.6 Å². The summed E-state index contributed by atoms with van der Waals surface area (Å²) in [7, 11) is 0. The normalized spacial score (nSPS) is 25.1. The van der Waals surface area contributed by atoms with Crippen molar-refractivity contribution in [1.29, 1.82) is 0 Å². The van der Waals surface area contributed by atoms with Crippen molar-refractivity contribution >= 4 is 47.0 Å². The molecule has 2 amide bonds. The summed E-state index contributed by atoms with van der Waals surface area (Å²) in [6, 6.07) is 4.59. The van der Waals surface area contributed by atoms with E-state index in [1.165, 1.54) is 40.9 Å². The number of fused-ring (bicyclic) bond motifs is 1. The largest absolute Gasteiger partial charge is 0.508 e. The molecule has 1 aromatic carbocycles. The zero-order valence-electron chi connectivity index (χ0n) is 16.2. The van der Waals surface area contributed by atoms with Crippen LogP contribution in [0.5, 0.6) is 5.75 Å². The van der Waals surface area contributed by atoms with E-state index in [4.69, 9.17) is 0 Å². The van der Waals surface area contributed by atoms with Gasteiger partial charge in [0.15, 0.2) is 5.71 Å². The maximum absolute atomic E-state index is 12.7. The monoisotopic (exact) mass is 479 g/mol. The Morgan fingerprint density at radius 1 is 1.38 bits per heavy atom. The minimum absolute atomic E-state index is 0.0189. The number of carboxylic acids is 1. The van der Waals surface area contributed by atoms with Gasteiger partial charge in [0.25, 0.3) is 5.91 Å². The van der Waals surface area contributed by atoms with Crippen LogP contribution >= 0.6 is 23.5 Å². The van der Waals surface area contributed by atoms with Gasteiger partial charge in [0, 0.05) is 23.6 Å². The molecule has 32 heavy (non-hydrogen) atoms. The lowest BCUT2D eigenvalue weighted by Gasteiger charge is -2.53. The maximum Gasteiger partial charge on any atom is 0.313 e. The van der Waals surface area contributed by atoms with E-state index >= 15 is 0 Å². The third-order valence-electron chi connectivity index (χ3n) is 5.14. The number of phenols is 1. The summed E-state index contributed by atoms with van der Waals surface area (Å²) < 4.78 is 0. The lowest BCUT2D eigenvalue weighted by Crippen LogP contribution is -2.74. The third-order valence-corrected chi connectivity index (χ3v) is 7.86. The molecule has 0 aliphatic carbocycles. The summed E-state index contributed by atoms with van der Waals surface area (Å²) in [5.41, 5.74) is -1.26. The molecule has 2 aromatic rings. The Morgan fingerprint density at radius 2 is 2.12 bits per heavy atom. The predicted octanol–water partition coefficient (Wildman–Crippen LogP) is -0.653. The first kappa shape index (κ1) is 21.9. The zero-order chi connectivity index (χ0) is 22.9. The van der Waals surface area contributed by atoms with Crippen LogP contribution < -0.4 is 5.32 Å². The van der Waals surface area contributed by atoms with E-state index in [-0.39, 0.29) is 35.1 Å². The van der Waals surface area contributed by atoms with Gasteiger partial charge in [-0.1, -0.05) is 16.9 Å². The molecule has 3 atom stereocenters. The second kappa shape index (κ2) is 8.66. The van der Waals surface area contributed by atoms with Crippen molar-refractivity contribution in [2.75, 3.05) is 18.1 Å². The highest BCUT2D eigenvalue weighted by Gasteiger charge is 2.57. The fraction of sp³-hybridized carbons (Fsp3) is 0.353. The van der Waals surface area contributed by atoms with Crippen LogP contribution in [0.2, 0.25) is 0 Å². The number of hydrogen-bond acceptors (Lipinski definition) is 11. The van der Waals surface area contributed by atoms with Crippen LogP contribution in [0.4, 0.5) is 0 Å². The number of oxime groups is 1. The first-order chi connectivity index (χ1) is 15.3. The second-order valence-corrected chi connectivity index (χ2v) is 9.23. The van der Waals surface area contributed by atoms with Gasteiger partial charge in [-0.25, -0.2) is 0 Å². The number of carbonyl (C=O) groups excluding carboxylic acids is 2. The minimum atomic E-state index is -1.21. The van der Waals surface area contributed by atoms with Crippen LogP contribution in [-0.4, -0.2) is 93.9 Å².